The summed E-state index contributed by atoms with van der Waals surface area (Å²) >= 11 is 0. The van der Waals surface area contributed by atoms with Gasteiger partial charge in [0.2, 0.25) is 0 Å². The Labute approximate surface area is 171 Å². The summed E-state index contributed by atoms with van der Waals surface area (Å²) in [5, 5.41) is 16.3. The Morgan fingerprint density at radius 1 is 1.20 bits per heavy atom. The second-order valence-electron chi connectivity index (χ2n) is 7.94. The van der Waals surface area contributed by atoms with E-state index >= 15 is 0 Å². The quantitative estimate of drug-likeness (QED) is 0.534. The summed E-state index contributed by atoms with van der Waals surface area (Å²) in [6, 6.07) is 10.2. The molecule has 0 aliphatic carbocycles. The molecule has 0 unspecified atom stereocenters. The lowest BCUT2D eigenvalue weighted by molar-refractivity contribution is -0.0864. The second-order valence-corrected chi connectivity index (χ2v) is 7.94. The largest absolute Gasteiger partial charge is 0.383 e. The molecule has 1 saturated heterocycles. The summed E-state index contributed by atoms with van der Waals surface area (Å²) in [4.78, 5) is 18.7. The minimum atomic E-state index is -1.12. The lowest BCUT2D eigenvalue weighted by Crippen LogP contribution is -2.61. The molecule has 152 valence electrons. The first kappa shape index (κ1) is 18.5. The molecule has 5 rings (SSSR count). The van der Waals surface area contributed by atoms with Crippen LogP contribution in [0.4, 0.5) is 10.2 Å². The van der Waals surface area contributed by atoms with Gasteiger partial charge in [-0.1, -0.05) is 29.8 Å². The van der Waals surface area contributed by atoms with Gasteiger partial charge in [-0.3, -0.25) is 9.48 Å². The number of nitrogens with zero attached hydrogens (tertiary/aromatic N) is 4. The minimum absolute atomic E-state index is 0.0671. The van der Waals surface area contributed by atoms with Crippen molar-refractivity contribution in [2.75, 3.05) is 18.8 Å². The van der Waals surface area contributed by atoms with Gasteiger partial charge in [0, 0.05) is 18.5 Å². The number of likely N-dealkylation sites (tertiary alicyclic amines) is 1. The molecule has 0 radical (unpaired) electrons. The third-order valence-corrected chi connectivity index (χ3v) is 5.81. The number of carbonyl (C=O) groups is 1. The molecule has 0 bridgehead atoms. The van der Waals surface area contributed by atoms with Crippen LogP contribution in [0.1, 0.15) is 21.5 Å². The van der Waals surface area contributed by atoms with Gasteiger partial charge in [-0.25, -0.2) is 9.37 Å². The van der Waals surface area contributed by atoms with Crippen LogP contribution < -0.4 is 5.73 Å². The average molecular weight is 405 g/mol. The molecule has 2 aromatic carbocycles. The van der Waals surface area contributed by atoms with Crippen LogP contribution in [-0.2, 0) is 12.6 Å². The number of rotatable bonds is 2. The number of aryl methyl sites for hydroxylation is 2. The van der Waals surface area contributed by atoms with Crippen molar-refractivity contribution in [1.82, 2.24) is 19.7 Å². The summed E-state index contributed by atoms with van der Waals surface area (Å²) in [5.41, 5.74) is 7.65. The molecule has 2 aromatic heterocycles. The highest BCUT2D eigenvalue weighted by Crippen LogP contribution is 2.35. The molecular formula is C22H20FN5O2. The minimum Gasteiger partial charge on any atom is -0.383 e. The number of carbonyl (C=O) groups excluding carboxylic acids is 1. The number of benzene rings is 2. The van der Waals surface area contributed by atoms with Gasteiger partial charge in [0.15, 0.2) is 0 Å². The Morgan fingerprint density at radius 3 is 2.60 bits per heavy atom. The lowest BCUT2D eigenvalue weighted by Gasteiger charge is -2.46. The van der Waals surface area contributed by atoms with Crippen LogP contribution in [0.25, 0.3) is 21.8 Å². The molecule has 7 nitrogen and oxygen atoms in total. The molecule has 0 atom stereocenters. The van der Waals surface area contributed by atoms with Crippen molar-refractivity contribution in [1.29, 1.82) is 0 Å². The van der Waals surface area contributed by atoms with Gasteiger partial charge < -0.3 is 15.7 Å². The normalized spacial score (nSPS) is 15.5. The van der Waals surface area contributed by atoms with Crippen molar-refractivity contribution in [3.63, 3.8) is 0 Å². The maximum atomic E-state index is 14.8. The van der Waals surface area contributed by atoms with E-state index in [9.17, 15) is 14.3 Å². The monoisotopic (exact) mass is 405 g/mol. The fourth-order valence-corrected chi connectivity index (χ4v) is 4.09. The van der Waals surface area contributed by atoms with E-state index in [1.54, 1.807) is 17.9 Å². The van der Waals surface area contributed by atoms with Crippen molar-refractivity contribution in [3.05, 3.63) is 65.1 Å². The number of β-amino-alcohol motifs (C(OH)–C–C–N with tert-alkyl or cyclic N) is 1. The Kier molecular flexibility index (Phi) is 3.85. The Hall–Kier alpha value is -3.52. The van der Waals surface area contributed by atoms with E-state index < -0.39 is 17.3 Å². The highest BCUT2D eigenvalue weighted by molar-refractivity contribution is 6.10. The number of halogens is 1. The molecule has 1 amide bonds. The maximum Gasteiger partial charge on any atom is 0.257 e. The summed E-state index contributed by atoms with van der Waals surface area (Å²) < 4.78 is 16.4. The molecule has 8 heteroatoms. The zero-order valence-electron chi connectivity index (χ0n) is 16.6. The molecule has 0 saturated carbocycles. The van der Waals surface area contributed by atoms with Crippen LogP contribution in [0, 0.1) is 12.7 Å². The highest BCUT2D eigenvalue weighted by atomic mass is 19.1. The summed E-state index contributed by atoms with van der Waals surface area (Å²) in [6.45, 7) is 2.18. The zero-order chi connectivity index (χ0) is 21.2. The van der Waals surface area contributed by atoms with E-state index in [-0.39, 0.29) is 24.5 Å². The Morgan fingerprint density at radius 2 is 1.90 bits per heavy atom. The first-order valence-corrected chi connectivity index (χ1v) is 9.56. The molecule has 1 aliphatic rings. The molecule has 30 heavy (non-hydrogen) atoms. The number of pyridine rings is 1. The maximum absolute atomic E-state index is 14.8. The SMILES string of the molecule is Cc1ccc(C2(O)CN(C(=O)c3cc4c(cc3F)nc(N)c3cnn(C)c34)C2)cc1. The van der Waals surface area contributed by atoms with Gasteiger partial charge in [0.25, 0.3) is 5.91 Å². The molecule has 4 aromatic rings. The number of aromatic nitrogens is 3. The van der Waals surface area contributed by atoms with Crippen LogP contribution in [0.5, 0.6) is 0 Å². The summed E-state index contributed by atoms with van der Waals surface area (Å²) in [7, 11) is 1.75. The number of fused-ring (bicyclic) bond motifs is 3. The molecule has 0 spiro atoms. The van der Waals surface area contributed by atoms with Crippen LogP contribution in [0.15, 0.2) is 42.6 Å². The number of aliphatic hydroxyl groups is 1. The van der Waals surface area contributed by atoms with Gasteiger partial charge in [-0.05, 0) is 18.6 Å². The number of anilines is 1. The fraction of sp³-hybridized carbons (Fsp3) is 0.227. The zero-order valence-corrected chi connectivity index (χ0v) is 16.6. The van der Waals surface area contributed by atoms with Crippen LogP contribution >= 0.6 is 0 Å². The predicted octanol–water partition coefficient (Wildman–Crippen LogP) is 2.49. The second kappa shape index (κ2) is 6.24. The third kappa shape index (κ3) is 2.64. The average Bonchev–Trinajstić information content (AvgIpc) is 3.08. The van der Waals surface area contributed by atoms with Gasteiger partial charge in [0.05, 0.1) is 41.3 Å². The predicted molar refractivity (Wildman–Crippen MR) is 111 cm³/mol. The van der Waals surface area contributed by atoms with Crippen molar-refractivity contribution in [3.8, 4) is 0 Å². The third-order valence-electron chi connectivity index (χ3n) is 5.81. The highest BCUT2D eigenvalue weighted by Gasteiger charge is 2.45. The van der Waals surface area contributed by atoms with Crippen LogP contribution in [0.3, 0.4) is 0 Å². The van der Waals surface area contributed by atoms with Crippen molar-refractivity contribution >= 4 is 33.5 Å². The molecular weight excluding hydrogens is 385 g/mol. The summed E-state index contributed by atoms with van der Waals surface area (Å²) in [6.07, 6.45) is 1.60. The van der Waals surface area contributed by atoms with Crippen LogP contribution in [-0.4, -0.2) is 43.8 Å². The number of nitrogen functional groups attached to an aromatic ring is 1. The molecule has 3 heterocycles. The number of hydrogen-bond acceptors (Lipinski definition) is 5. The Balaban J connectivity index is 1.51. The van der Waals surface area contributed by atoms with E-state index in [1.165, 1.54) is 17.0 Å². The molecule has 3 N–H and O–H groups in total. The van der Waals surface area contributed by atoms with Gasteiger partial charge in [-0.2, -0.15) is 5.10 Å². The first-order chi connectivity index (χ1) is 14.3. The standard InChI is InChI=1S/C22H20FN5O2/c1-12-3-5-13(6-4-12)22(30)10-28(11-22)21(29)14-7-15-18(8-17(14)23)26-20(24)16-9-25-27(2)19(15)16/h3-9,30H,10-11H2,1-2H3,(H2,24,26). The van der Waals surface area contributed by atoms with Gasteiger partial charge >= 0.3 is 0 Å². The van der Waals surface area contributed by atoms with Crippen molar-refractivity contribution < 1.29 is 14.3 Å². The number of hydrogen-bond donors (Lipinski definition) is 2. The molecule has 1 fully saturated rings. The fourth-order valence-electron chi connectivity index (χ4n) is 4.09. The van der Waals surface area contributed by atoms with E-state index in [0.717, 1.165) is 11.1 Å². The van der Waals surface area contributed by atoms with Gasteiger partial charge in [-0.15, -0.1) is 0 Å². The smallest absolute Gasteiger partial charge is 0.257 e. The summed E-state index contributed by atoms with van der Waals surface area (Å²) in [5.74, 6) is -0.889. The van der Waals surface area contributed by atoms with Crippen molar-refractivity contribution in [2.45, 2.75) is 12.5 Å². The van der Waals surface area contributed by atoms with E-state index in [1.807, 2.05) is 31.2 Å². The first-order valence-electron chi connectivity index (χ1n) is 9.56. The van der Waals surface area contributed by atoms with Gasteiger partial charge in [0.1, 0.15) is 17.2 Å². The van der Waals surface area contributed by atoms with E-state index in [2.05, 4.69) is 10.1 Å². The van der Waals surface area contributed by atoms with Crippen molar-refractivity contribution in [2.24, 2.45) is 7.05 Å². The van der Waals surface area contributed by atoms with E-state index in [0.29, 0.717) is 21.8 Å². The van der Waals surface area contributed by atoms with E-state index in [4.69, 9.17) is 5.73 Å². The van der Waals surface area contributed by atoms with Crippen LogP contribution in [0.2, 0.25) is 0 Å². The number of nitrogens with two attached hydrogens (primary N) is 1. The topological polar surface area (TPSA) is 97.3 Å². The molecule has 1 aliphatic heterocycles. The number of amides is 1. The lowest BCUT2D eigenvalue weighted by atomic mass is 9.85. The Bertz CT molecular complexity index is 1320.